The third-order valence-electron chi connectivity index (χ3n) is 3.00. The topological polar surface area (TPSA) is 49.4 Å². The van der Waals surface area contributed by atoms with Crippen molar-refractivity contribution in [3.63, 3.8) is 0 Å². The van der Waals surface area contributed by atoms with Gasteiger partial charge in [0.15, 0.2) is 0 Å². The Labute approximate surface area is 123 Å². The van der Waals surface area contributed by atoms with Crippen LogP contribution in [0.25, 0.3) is 0 Å². The number of nitrogens with zero attached hydrogens (tertiary/aromatic N) is 1. The van der Waals surface area contributed by atoms with Crippen LogP contribution in [0.15, 0.2) is 24.3 Å². The summed E-state index contributed by atoms with van der Waals surface area (Å²) < 4.78 is 22.3. The maximum atomic E-state index is 11.2. The fraction of sp³-hybridized carbons (Fsp3) is 0.600. The first-order chi connectivity index (χ1) is 9.26. The maximum absolute atomic E-state index is 11.2. The average molecular weight is 298 g/mol. The molecule has 0 bridgehead atoms. The first-order valence-electron chi connectivity index (χ1n) is 6.94. The minimum atomic E-state index is -2.89. The summed E-state index contributed by atoms with van der Waals surface area (Å²) in [7, 11) is -0.941. The van der Waals surface area contributed by atoms with Gasteiger partial charge in [-0.3, -0.25) is 0 Å². The zero-order valence-electron chi connectivity index (χ0n) is 12.9. The Morgan fingerprint density at radius 2 is 1.90 bits per heavy atom. The molecule has 1 rings (SSSR count). The Kier molecular flexibility index (Phi) is 6.65. The Hall–Kier alpha value is -0.910. The van der Waals surface area contributed by atoms with Crippen LogP contribution in [-0.2, 0) is 22.9 Å². The van der Waals surface area contributed by atoms with Crippen molar-refractivity contribution in [3.05, 3.63) is 35.4 Å². The molecule has 0 saturated heterocycles. The van der Waals surface area contributed by atoms with Gasteiger partial charge in [0.2, 0.25) is 0 Å². The SMILES string of the molecule is CC(C)NCc1cccc(CN(C)CCS(C)(=O)=O)c1. The van der Waals surface area contributed by atoms with Crippen LogP contribution in [0.3, 0.4) is 0 Å². The second-order valence-corrected chi connectivity index (χ2v) is 7.98. The van der Waals surface area contributed by atoms with Crippen LogP contribution < -0.4 is 5.32 Å². The Morgan fingerprint density at radius 1 is 1.25 bits per heavy atom. The molecule has 0 fully saturated rings. The van der Waals surface area contributed by atoms with Gasteiger partial charge in [0.1, 0.15) is 9.84 Å². The second kappa shape index (κ2) is 7.76. The zero-order valence-corrected chi connectivity index (χ0v) is 13.7. The van der Waals surface area contributed by atoms with E-state index in [-0.39, 0.29) is 5.75 Å². The van der Waals surface area contributed by atoms with Gasteiger partial charge in [-0.2, -0.15) is 0 Å². The summed E-state index contributed by atoms with van der Waals surface area (Å²) in [6.07, 6.45) is 1.28. The molecular formula is C15H26N2O2S. The molecule has 0 heterocycles. The molecule has 1 aromatic carbocycles. The summed E-state index contributed by atoms with van der Waals surface area (Å²) in [6.45, 7) is 6.45. The molecule has 0 aliphatic rings. The van der Waals surface area contributed by atoms with Crippen LogP contribution in [0.1, 0.15) is 25.0 Å². The summed E-state index contributed by atoms with van der Waals surface area (Å²) >= 11 is 0. The van der Waals surface area contributed by atoms with E-state index in [0.29, 0.717) is 12.6 Å². The van der Waals surface area contributed by atoms with Gasteiger partial charge in [0, 0.05) is 31.9 Å². The fourth-order valence-corrected chi connectivity index (χ4v) is 2.52. The summed E-state index contributed by atoms with van der Waals surface area (Å²) in [5, 5.41) is 3.39. The number of hydrogen-bond donors (Lipinski definition) is 1. The second-order valence-electron chi connectivity index (χ2n) is 5.72. The lowest BCUT2D eigenvalue weighted by molar-refractivity contribution is 0.346. The van der Waals surface area contributed by atoms with E-state index in [2.05, 4.69) is 43.4 Å². The highest BCUT2D eigenvalue weighted by Gasteiger charge is 2.06. The van der Waals surface area contributed by atoms with Crippen molar-refractivity contribution >= 4 is 9.84 Å². The lowest BCUT2D eigenvalue weighted by atomic mass is 10.1. The lowest BCUT2D eigenvalue weighted by Crippen LogP contribution is -2.25. The van der Waals surface area contributed by atoms with E-state index in [1.807, 2.05) is 11.9 Å². The van der Waals surface area contributed by atoms with Gasteiger partial charge in [-0.05, 0) is 18.2 Å². The quantitative estimate of drug-likeness (QED) is 0.793. The van der Waals surface area contributed by atoms with E-state index in [9.17, 15) is 8.42 Å². The van der Waals surface area contributed by atoms with Gasteiger partial charge in [-0.15, -0.1) is 0 Å². The molecule has 0 aliphatic heterocycles. The van der Waals surface area contributed by atoms with Gasteiger partial charge in [0.05, 0.1) is 5.75 Å². The van der Waals surface area contributed by atoms with Crippen molar-refractivity contribution in [1.29, 1.82) is 0 Å². The van der Waals surface area contributed by atoms with Gasteiger partial charge in [0.25, 0.3) is 0 Å². The van der Waals surface area contributed by atoms with E-state index in [1.54, 1.807) is 0 Å². The molecule has 0 unspecified atom stereocenters. The Bertz CT molecular complexity index is 512. The molecule has 1 N–H and O–H groups in total. The Morgan fingerprint density at radius 3 is 2.50 bits per heavy atom. The molecule has 1 aromatic rings. The van der Waals surface area contributed by atoms with Crippen LogP contribution in [0, 0.1) is 0 Å². The predicted molar refractivity (Wildman–Crippen MR) is 84.5 cm³/mol. The predicted octanol–water partition coefficient (Wildman–Crippen LogP) is 1.66. The van der Waals surface area contributed by atoms with Crippen molar-refractivity contribution in [3.8, 4) is 0 Å². The summed E-state index contributed by atoms with van der Waals surface area (Å²) in [5.74, 6) is 0.206. The lowest BCUT2D eigenvalue weighted by Gasteiger charge is -2.17. The molecule has 20 heavy (non-hydrogen) atoms. The molecule has 0 saturated carbocycles. The van der Waals surface area contributed by atoms with Crippen LogP contribution in [0.2, 0.25) is 0 Å². The number of benzene rings is 1. The van der Waals surface area contributed by atoms with E-state index in [4.69, 9.17) is 0 Å². The van der Waals surface area contributed by atoms with Crippen LogP contribution >= 0.6 is 0 Å². The van der Waals surface area contributed by atoms with Crippen LogP contribution in [0.4, 0.5) is 0 Å². The number of nitrogens with one attached hydrogen (secondary N) is 1. The number of hydrogen-bond acceptors (Lipinski definition) is 4. The van der Waals surface area contributed by atoms with Crippen molar-refractivity contribution < 1.29 is 8.42 Å². The molecule has 0 atom stereocenters. The first kappa shape index (κ1) is 17.1. The summed E-state index contributed by atoms with van der Waals surface area (Å²) in [6, 6.07) is 8.88. The Balaban J connectivity index is 2.52. The highest BCUT2D eigenvalue weighted by Crippen LogP contribution is 2.08. The van der Waals surface area contributed by atoms with Crippen LogP contribution in [0.5, 0.6) is 0 Å². The molecule has 0 radical (unpaired) electrons. The number of sulfone groups is 1. The molecule has 0 amide bonds. The van der Waals surface area contributed by atoms with Crippen molar-refractivity contribution in [2.45, 2.75) is 33.0 Å². The van der Waals surface area contributed by atoms with Crippen molar-refractivity contribution in [2.24, 2.45) is 0 Å². The molecule has 114 valence electrons. The smallest absolute Gasteiger partial charge is 0.148 e. The number of rotatable bonds is 8. The van der Waals surface area contributed by atoms with Crippen molar-refractivity contribution in [1.82, 2.24) is 10.2 Å². The minimum Gasteiger partial charge on any atom is -0.310 e. The average Bonchev–Trinajstić information content (AvgIpc) is 2.34. The molecule has 0 aromatic heterocycles. The molecule has 5 heteroatoms. The normalized spacial score (nSPS) is 12.3. The minimum absolute atomic E-state index is 0.206. The standard InChI is InChI=1S/C15H26N2O2S/c1-13(2)16-11-14-6-5-7-15(10-14)12-17(3)8-9-20(4,18)19/h5-7,10,13,16H,8-9,11-12H2,1-4H3. The highest BCUT2D eigenvalue weighted by atomic mass is 32.2. The van der Waals surface area contributed by atoms with E-state index >= 15 is 0 Å². The first-order valence-corrected chi connectivity index (χ1v) is 9.00. The van der Waals surface area contributed by atoms with E-state index in [1.165, 1.54) is 17.4 Å². The van der Waals surface area contributed by atoms with Crippen LogP contribution in [-0.4, -0.2) is 45.0 Å². The maximum Gasteiger partial charge on any atom is 0.148 e. The zero-order chi connectivity index (χ0) is 15.2. The van der Waals surface area contributed by atoms with E-state index in [0.717, 1.165) is 13.1 Å². The highest BCUT2D eigenvalue weighted by molar-refractivity contribution is 7.90. The van der Waals surface area contributed by atoms with Gasteiger partial charge in [-0.25, -0.2) is 8.42 Å². The van der Waals surface area contributed by atoms with Gasteiger partial charge >= 0.3 is 0 Å². The third-order valence-corrected chi connectivity index (χ3v) is 3.93. The fourth-order valence-electron chi connectivity index (χ4n) is 1.87. The molecular weight excluding hydrogens is 272 g/mol. The van der Waals surface area contributed by atoms with E-state index < -0.39 is 9.84 Å². The molecule has 4 nitrogen and oxygen atoms in total. The largest absolute Gasteiger partial charge is 0.310 e. The third kappa shape index (κ3) is 7.62. The monoisotopic (exact) mass is 298 g/mol. The van der Waals surface area contributed by atoms with Gasteiger partial charge in [-0.1, -0.05) is 38.1 Å². The van der Waals surface area contributed by atoms with Crippen molar-refractivity contribution in [2.75, 3.05) is 25.6 Å². The summed E-state index contributed by atoms with van der Waals surface area (Å²) in [5.41, 5.74) is 2.47. The molecule has 0 aliphatic carbocycles. The molecule has 0 spiro atoms. The summed E-state index contributed by atoms with van der Waals surface area (Å²) in [4.78, 5) is 2.04. The van der Waals surface area contributed by atoms with Gasteiger partial charge < -0.3 is 10.2 Å².